The monoisotopic (exact) mass is 201 g/mol. The van der Waals surface area contributed by atoms with Crippen LogP contribution in [0.4, 0.5) is 0 Å². The van der Waals surface area contributed by atoms with Crippen LogP contribution >= 0.6 is 0 Å². The molecular formula is C12H11NO2. The second-order valence-electron chi connectivity index (χ2n) is 3.12. The summed E-state index contributed by atoms with van der Waals surface area (Å²) < 4.78 is 5.22. The zero-order chi connectivity index (χ0) is 10.7. The summed E-state index contributed by atoms with van der Waals surface area (Å²) in [7, 11) is 1.65. The standard InChI is InChI=1S/C12H11NO2/c1-13-8-10-7-11(15-12(10)14)9-5-3-2-4-6-9/h2-8,14H,1H3. The number of hydrogen-bond acceptors (Lipinski definition) is 3. The van der Waals surface area contributed by atoms with Crippen molar-refractivity contribution in [3.63, 3.8) is 0 Å². The third kappa shape index (κ3) is 1.91. The van der Waals surface area contributed by atoms with Crippen molar-refractivity contribution in [1.82, 2.24) is 0 Å². The first-order chi connectivity index (χ1) is 7.31. The zero-order valence-corrected chi connectivity index (χ0v) is 8.34. The van der Waals surface area contributed by atoms with Crippen molar-refractivity contribution in [2.45, 2.75) is 0 Å². The molecule has 0 aliphatic heterocycles. The first-order valence-corrected chi connectivity index (χ1v) is 4.61. The minimum absolute atomic E-state index is 0.0977. The molecule has 1 aromatic carbocycles. The predicted octanol–water partition coefficient (Wildman–Crippen LogP) is 2.70. The molecule has 0 aliphatic rings. The van der Waals surface area contributed by atoms with Gasteiger partial charge >= 0.3 is 0 Å². The predicted molar refractivity (Wildman–Crippen MR) is 59.3 cm³/mol. The molecule has 1 heterocycles. The molecule has 76 valence electrons. The van der Waals surface area contributed by atoms with Gasteiger partial charge < -0.3 is 9.52 Å². The molecule has 0 unspecified atom stereocenters. The van der Waals surface area contributed by atoms with E-state index in [4.69, 9.17) is 4.42 Å². The van der Waals surface area contributed by atoms with Crippen molar-refractivity contribution >= 4 is 6.21 Å². The van der Waals surface area contributed by atoms with E-state index >= 15 is 0 Å². The number of hydrogen-bond donors (Lipinski definition) is 1. The number of aromatic hydroxyl groups is 1. The highest BCUT2D eigenvalue weighted by Gasteiger charge is 2.08. The molecule has 2 rings (SSSR count). The first kappa shape index (κ1) is 9.52. The molecule has 3 heteroatoms. The Morgan fingerprint density at radius 1 is 1.27 bits per heavy atom. The number of benzene rings is 1. The van der Waals surface area contributed by atoms with Crippen molar-refractivity contribution in [2.24, 2.45) is 4.99 Å². The van der Waals surface area contributed by atoms with Crippen LogP contribution < -0.4 is 0 Å². The largest absolute Gasteiger partial charge is 0.480 e. The molecule has 0 spiro atoms. The first-order valence-electron chi connectivity index (χ1n) is 4.61. The van der Waals surface area contributed by atoms with Crippen LogP contribution in [-0.4, -0.2) is 18.4 Å². The lowest BCUT2D eigenvalue weighted by atomic mass is 10.1. The molecule has 0 saturated heterocycles. The highest BCUT2D eigenvalue weighted by atomic mass is 16.5. The Labute approximate surface area is 87.7 Å². The maximum atomic E-state index is 9.47. The van der Waals surface area contributed by atoms with Gasteiger partial charge in [-0.15, -0.1) is 0 Å². The molecule has 0 amide bonds. The van der Waals surface area contributed by atoms with E-state index in [0.29, 0.717) is 11.3 Å². The molecular weight excluding hydrogens is 190 g/mol. The summed E-state index contributed by atoms with van der Waals surface area (Å²) in [5.74, 6) is 0.544. The summed E-state index contributed by atoms with van der Waals surface area (Å²) >= 11 is 0. The smallest absolute Gasteiger partial charge is 0.291 e. The molecule has 0 bridgehead atoms. The van der Waals surface area contributed by atoms with Crippen molar-refractivity contribution in [3.05, 3.63) is 42.0 Å². The maximum Gasteiger partial charge on any atom is 0.291 e. The van der Waals surface area contributed by atoms with Crippen molar-refractivity contribution in [2.75, 3.05) is 7.05 Å². The molecule has 0 atom stereocenters. The van der Waals surface area contributed by atoms with E-state index in [1.54, 1.807) is 19.3 Å². The van der Waals surface area contributed by atoms with Crippen LogP contribution in [0.15, 0.2) is 45.8 Å². The minimum atomic E-state index is -0.0977. The lowest BCUT2D eigenvalue weighted by Gasteiger charge is -1.93. The van der Waals surface area contributed by atoms with Crippen LogP contribution in [0.5, 0.6) is 5.95 Å². The van der Waals surface area contributed by atoms with Crippen LogP contribution in [0.2, 0.25) is 0 Å². The van der Waals surface area contributed by atoms with Crippen LogP contribution in [0.3, 0.4) is 0 Å². The Bertz CT molecular complexity index is 472. The second kappa shape index (κ2) is 4.00. The average molecular weight is 201 g/mol. The summed E-state index contributed by atoms with van der Waals surface area (Å²) in [5, 5.41) is 9.47. The molecule has 0 saturated carbocycles. The van der Waals surface area contributed by atoms with Crippen LogP contribution in [0, 0.1) is 0 Å². The second-order valence-corrected chi connectivity index (χ2v) is 3.12. The third-order valence-corrected chi connectivity index (χ3v) is 2.07. The van der Waals surface area contributed by atoms with E-state index in [2.05, 4.69) is 4.99 Å². The van der Waals surface area contributed by atoms with E-state index in [9.17, 15) is 5.11 Å². The van der Waals surface area contributed by atoms with Crippen LogP contribution in [0.25, 0.3) is 11.3 Å². The van der Waals surface area contributed by atoms with Crippen LogP contribution in [0.1, 0.15) is 5.56 Å². The molecule has 0 aliphatic carbocycles. The van der Waals surface area contributed by atoms with Gasteiger partial charge in [-0.05, 0) is 6.07 Å². The van der Waals surface area contributed by atoms with Gasteiger partial charge in [0.1, 0.15) is 5.76 Å². The van der Waals surface area contributed by atoms with Gasteiger partial charge in [0.05, 0.1) is 5.56 Å². The van der Waals surface area contributed by atoms with Gasteiger partial charge in [-0.25, -0.2) is 0 Å². The normalized spacial score (nSPS) is 11.0. The van der Waals surface area contributed by atoms with Gasteiger partial charge in [0.2, 0.25) is 0 Å². The fourth-order valence-corrected chi connectivity index (χ4v) is 1.37. The van der Waals surface area contributed by atoms with Gasteiger partial charge in [0.15, 0.2) is 0 Å². The van der Waals surface area contributed by atoms with Gasteiger partial charge in [-0.1, -0.05) is 30.3 Å². The lowest BCUT2D eigenvalue weighted by molar-refractivity contribution is 0.337. The van der Waals surface area contributed by atoms with Crippen molar-refractivity contribution in [1.29, 1.82) is 0 Å². The fraction of sp³-hybridized carbons (Fsp3) is 0.0833. The molecule has 1 aromatic heterocycles. The highest BCUT2D eigenvalue weighted by Crippen LogP contribution is 2.28. The SMILES string of the molecule is CN=Cc1cc(-c2ccccc2)oc1O. The van der Waals surface area contributed by atoms with E-state index < -0.39 is 0 Å². The summed E-state index contributed by atoms with van der Waals surface area (Å²) in [6.07, 6.45) is 1.56. The van der Waals surface area contributed by atoms with E-state index in [0.717, 1.165) is 5.56 Å². The van der Waals surface area contributed by atoms with Gasteiger partial charge in [-0.3, -0.25) is 4.99 Å². The number of furan rings is 1. The Morgan fingerprint density at radius 2 is 2.00 bits per heavy atom. The number of aliphatic imine (C=N–C) groups is 1. The number of rotatable bonds is 2. The van der Waals surface area contributed by atoms with E-state index in [1.807, 2.05) is 30.3 Å². The van der Waals surface area contributed by atoms with Gasteiger partial charge in [0, 0.05) is 18.8 Å². The molecule has 0 radical (unpaired) electrons. The Morgan fingerprint density at radius 3 is 2.67 bits per heavy atom. The summed E-state index contributed by atoms with van der Waals surface area (Å²) in [6, 6.07) is 11.4. The highest BCUT2D eigenvalue weighted by molar-refractivity contribution is 5.84. The van der Waals surface area contributed by atoms with E-state index in [1.165, 1.54) is 0 Å². The summed E-state index contributed by atoms with van der Waals surface area (Å²) in [6.45, 7) is 0. The number of nitrogens with zero attached hydrogens (tertiary/aromatic N) is 1. The Hall–Kier alpha value is -2.03. The topological polar surface area (TPSA) is 45.7 Å². The molecule has 15 heavy (non-hydrogen) atoms. The van der Waals surface area contributed by atoms with Gasteiger partial charge in [0.25, 0.3) is 5.95 Å². The quantitative estimate of drug-likeness (QED) is 0.759. The molecule has 3 nitrogen and oxygen atoms in total. The van der Waals surface area contributed by atoms with Crippen molar-refractivity contribution < 1.29 is 9.52 Å². The van der Waals surface area contributed by atoms with E-state index in [-0.39, 0.29) is 5.95 Å². The molecule has 0 fully saturated rings. The summed E-state index contributed by atoms with van der Waals surface area (Å²) in [5.41, 5.74) is 1.53. The molecule has 1 N–H and O–H groups in total. The zero-order valence-electron chi connectivity index (χ0n) is 8.34. The lowest BCUT2D eigenvalue weighted by Crippen LogP contribution is -1.74. The minimum Gasteiger partial charge on any atom is -0.480 e. The van der Waals surface area contributed by atoms with Gasteiger partial charge in [-0.2, -0.15) is 0 Å². The maximum absolute atomic E-state index is 9.47. The van der Waals surface area contributed by atoms with Crippen LogP contribution in [-0.2, 0) is 0 Å². The molecule has 2 aromatic rings. The average Bonchev–Trinajstić information content (AvgIpc) is 2.63. The Balaban J connectivity index is 2.43. The van der Waals surface area contributed by atoms with Crippen molar-refractivity contribution in [3.8, 4) is 17.3 Å². The summed E-state index contributed by atoms with van der Waals surface area (Å²) in [4.78, 5) is 3.83. The fourth-order valence-electron chi connectivity index (χ4n) is 1.37. The third-order valence-electron chi connectivity index (χ3n) is 2.07. The Kier molecular flexibility index (Phi) is 2.54.